The van der Waals surface area contributed by atoms with Gasteiger partial charge in [-0.25, -0.2) is 0 Å². The third-order valence-corrected chi connectivity index (χ3v) is 4.14. The predicted octanol–water partition coefficient (Wildman–Crippen LogP) is 1.91. The summed E-state index contributed by atoms with van der Waals surface area (Å²) >= 11 is 0. The van der Waals surface area contributed by atoms with Gasteiger partial charge in [-0.15, -0.1) is 0 Å². The Morgan fingerprint density at radius 3 is 2.35 bits per heavy atom. The van der Waals surface area contributed by atoms with E-state index >= 15 is 0 Å². The molecule has 1 aliphatic heterocycles. The summed E-state index contributed by atoms with van der Waals surface area (Å²) in [5.74, 6) is 1.83. The fourth-order valence-corrected chi connectivity index (χ4v) is 1.98. The Morgan fingerprint density at radius 2 is 1.80 bits per heavy atom. The molecule has 0 aromatic carbocycles. The SMILES string of the molecule is Cc1c(/C=C/B2OC(C)(C)C(C)(C)O2)c[nH]c(=O)c1N. The van der Waals surface area contributed by atoms with Crippen LogP contribution < -0.4 is 11.3 Å². The fourth-order valence-electron chi connectivity index (χ4n) is 1.98. The van der Waals surface area contributed by atoms with Crippen LogP contribution in [0.3, 0.4) is 0 Å². The molecule has 0 spiro atoms. The Morgan fingerprint density at radius 1 is 1.25 bits per heavy atom. The lowest BCUT2D eigenvalue weighted by Gasteiger charge is -2.32. The zero-order valence-corrected chi connectivity index (χ0v) is 12.6. The molecule has 0 unspecified atom stereocenters. The highest BCUT2D eigenvalue weighted by Gasteiger charge is 2.49. The standard InChI is InChI=1S/C14H21BN2O3/c1-9-10(8-17-12(18)11(9)16)6-7-15-19-13(2,3)14(4,5)20-15/h6-8H,16H2,1-5H3,(H,17,18)/b7-6+. The Balaban J connectivity index is 2.20. The largest absolute Gasteiger partial charge is 0.487 e. The number of nitrogen functional groups attached to an aromatic ring is 1. The molecule has 2 rings (SSSR count). The van der Waals surface area contributed by atoms with Crippen LogP contribution in [0.2, 0.25) is 0 Å². The van der Waals surface area contributed by atoms with Crippen LogP contribution in [0.25, 0.3) is 6.08 Å². The Hall–Kier alpha value is -1.53. The number of aromatic amines is 1. The van der Waals surface area contributed by atoms with E-state index in [1.54, 1.807) is 6.20 Å². The third kappa shape index (κ3) is 2.53. The molecule has 1 fully saturated rings. The minimum Gasteiger partial charge on any atom is -0.400 e. The lowest BCUT2D eigenvalue weighted by atomic mass is 9.89. The summed E-state index contributed by atoms with van der Waals surface area (Å²) in [6.45, 7) is 9.83. The first-order valence-electron chi connectivity index (χ1n) is 6.66. The number of rotatable bonds is 2. The smallest absolute Gasteiger partial charge is 0.400 e. The van der Waals surface area contributed by atoms with Gasteiger partial charge in [0.1, 0.15) is 5.69 Å². The monoisotopic (exact) mass is 276 g/mol. The van der Waals surface area contributed by atoms with Crippen LogP contribution in [0, 0.1) is 6.92 Å². The molecule has 5 nitrogen and oxygen atoms in total. The van der Waals surface area contributed by atoms with E-state index in [0.29, 0.717) is 0 Å². The highest BCUT2D eigenvalue weighted by molar-refractivity contribution is 6.52. The number of H-pyrrole nitrogens is 1. The minimum atomic E-state index is -0.410. The normalized spacial score (nSPS) is 20.8. The van der Waals surface area contributed by atoms with Crippen LogP contribution in [0.5, 0.6) is 0 Å². The van der Waals surface area contributed by atoms with Gasteiger partial charge in [-0.3, -0.25) is 4.79 Å². The van der Waals surface area contributed by atoms with Gasteiger partial charge in [0.25, 0.3) is 5.56 Å². The predicted molar refractivity (Wildman–Crippen MR) is 81.3 cm³/mol. The van der Waals surface area contributed by atoms with E-state index in [-0.39, 0.29) is 22.4 Å². The Bertz CT molecular complexity index is 589. The minimum absolute atomic E-state index is 0.237. The van der Waals surface area contributed by atoms with Gasteiger partial charge in [0.15, 0.2) is 0 Å². The third-order valence-electron chi connectivity index (χ3n) is 4.14. The van der Waals surface area contributed by atoms with Gasteiger partial charge in [-0.2, -0.15) is 0 Å². The van der Waals surface area contributed by atoms with E-state index in [2.05, 4.69) is 4.98 Å². The van der Waals surface area contributed by atoms with E-state index in [1.807, 2.05) is 46.7 Å². The van der Waals surface area contributed by atoms with Crippen molar-refractivity contribution in [3.63, 3.8) is 0 Å². The van der Waals surface area contributed by atoms with Crippen molar-refractivity contribution in [2.24, 2.45) is 0 Å². The van der Waals surface area contributed by atoms with E-state index < -0.39 is 7.12 Å². The first-order valence-corrected chi connectivity index (χ1v) is 6.66. The summed E-state index contributed by atoms with van der Waals surface area (Å²) < 4.78 is 11.7. The van der Waals surface area contributed by atoms with Gasteiger partial charge in [0.2, 0.25) is 0 Å². The summed E-state index contributed by atoms with van der Waals surface area (Å²) in [6.07, 6.45) is 3.49. The van der Waals surface area contributed by atoms with Crippen molar-refractivity contribution < 1.29 is 9.31 Å². The van der Waals surface area contributed by atoms with Crippen LogP contribution >= 0.6 is 0 Å². The maximum atomic E-state index is 11.4. The number of aromatic nitrogens is 1. The van der Waals surface area contributed by atoms with Crippen molar-refractivity contribution in [2.75, 3.05) is 5.73 Å². The van der Waals surface area contributed by atoms with Crippen LogP contribution in [0.1, 0.15) is 38.8 Å². The average Bonchev–Trinajstić information content (AvgIpc) is 2.54. The molecule has 1 aliphatic rings. The molecule has 20 heavy (non-hydrogen) atoms. The number of pyridine rings is 1. The zero-order valence-electron chi connectivity index (χ0n) is 12.6. The first kappa shape index (κ1) is 14.9. The number of nitrogens with two attached hydrogens (primary N) is 1. The molecule has 0 atom stereocenters. The fraction of sp³-hybridized carbons (Fsp3) is 0.500. The second-order valence-corrected chi connectivity index (χ2v) is 6.10. The quantitative estimate of drug-likeness (QED) is 0.809. The van der Waals surface area contributed by atoms with Gasteiger partial charge in [0, 0.05) is 6.20 Å². The van der Waals surface area contributed by atoms with Crippen LogP contribution in [-0.4, -0.2) is 23.3 Å². The number of hydrogen-bond donors (Lipinski definition) is 2. The molecule has 1 saturated heterocycles. The molecule has 0 radical (unpaired) electrons. The molecule has 0 saturated carbocycles. The van der Waals surface area contributed by atoms with E-state index in [9.17, 15) is 4.79 Å². The van der Waals surface area contributed by atoms with Crippen molar-refractivity contribution in [3.05, 3.63) is 33.7 Å². The second kappa shape index (κ2) is 4.79. The van der Waals surface area contributed by atoms with E-state index in [0.717, 1.165) is 11.1 Å². The zero-order chi connectivity index (χ0) is 15.1. The maximum Gasteiger partial charge on any atom is 0.487 e. The number of nitrogens with one attached hydrogen (secondary N) is 1. The molecule has 1 aromatic rings. The average molecular weight is 276 g/mol. The molecule has 6 heteroatoms. The van der Waals surface area contributed by atoms with Gasteiger partial charge in [-0.1, -0.05) is 12.1 Å². The molecule has 0 bridgehead atoms. The highest BCUT2D eigenvalue weighted by Crippen LogP contribution is 2.37. The van der Waals surface area contributed by atoms with Gasteiger partial charge in [0.05, 0.1) is 11.2 Å². The van der Waals surface area contributed by atoms with Crippen LogP contribution in [0.15, 0.2) is 17.0 Å². The molecule has 1 aromatic heterocycles. The van der Waals surface area contributed by atoms with Gasteiger partial charge < -0.3 is 20.0 Å². The van der Waals surface area contributed by atoms with Gasteiger partial charge in [-0.05, 0) is 45.7 Å². The van der Waals surface area contributed by atoms with Crippen LogP contribution in [-0.2, 0) is 9.31 Å². The Labute approximate surface area is 119 Å². The van der Waals surface area contributed by atoms with E-state index in [1.165, 1.54) is 0 Å². The molecule has 0 aliphatic carbocycles. The molecule has 108 valence electrons. The lowest BCUT2D eigenvalue weighted by Crippen LogP contribution is -2.41. The maximum absolute atomic E-state index is 11.4. The summed E-state index contributed by atoms with van der Waals surface area (Å²) in [5.41, 5.74) is 6.56. The Kier molecular flexibility index (Phi) is 3.56. The lowest BCUT2D eigenvalue weighted by molar-refractivity contribution is 0.00578. The van der Waals surface area contributed by atoms with Crippen molar-refractivity contribution in [1.29, 1.82) is 0 Å². The molecule has 0 amide bonds. The number of hydrogen-bond acceptors (Lipinski definition) is 4. The first-order chi connectivity index (χ1) is 9.14. The van der Waals surface area contributed by atoms with Crippen molar-refractivity contribution in [1.82, 2.24) is 4.98 Å². The van der Waals surface area contributed by atoms with Crippen molar-refractivity contribution >= 4 is 18.9 Å². The number of anilines is 1. The van der Waals surface area contributed by atoms with Gasteiger partial charge >= 0.3 is 7.12 Å². The second-order valence-electron chi connectivity index (χ2n) is 6.10. The summed E-state index contributed by atoms with van der Waals surface area (Å²) in [4.78, 5) is 14.0. The summed E-state index contributed by atoms with van der Waals surface area (Å²) in [6, 6.07) is 0. The summed E-state index contributed by atoms with van der Waals surface area (Å²) in [5, 5.41) is 0. The molecular formula is C14H21BN2O3. The highest BCUT2D eigenvalue weighted by atomic mass is 16.7. The van der Waals surface area contributed by atoms with Crippen molar-refractivity contribution in [2.45, 2.75) is 45.8 Å². The molecule has 3 N–H and O–H groups in total. The van der Waals surface area contributed by atoms with Crippen molar-refractivity contribution in [3.8, 4) is 0 Å². The topological polar surface area (TPSA) is 77.3 Å². The van der Waals surface area contributed by atoms with Crippen LogP contribution in [0.4, 0.5) is 5.69 Å². The molecular weight excluding hydrogens is 255 g/mol. The summed E-state index contributed by atoms with van der Waals surface area (Å²) in [7, 11) is -0.410. The molecule has 2 heterocycles. The van der Waals surface area contributed by atoms with E-state index in [4.69, 9.17) is 15.0 Å².